The van der Waals surface area contributed by atoms with Crippen LogP contribution in [0.5, 0.6) is 0 Å². The first-order chi connectivity index (χ1) is 3.86. The molecule has 1 fully saturated rings. The average molecular weight is 95.2 g/mol. The molecule has 0 saturated heterocycles. The predicted octanol–water partition coefficient (Wildman–Crippen LogP) is 1.97. The summed E-state index contributed by atoms with van der Waals surface area (Å²) in [6.07, 6.45) is 6.07. The summed E-state index contributed by atoms with van der Waals surface area (Å²) in [5, 5.41) is 0. The number of rotatable bonds is 0. The van der Waals surface area contributed by atoms with Crippen LogP contribution in [0.15, 0.2) is 12.1 Å². The minimum absolute atomic E-state index is 0.667. The van der Waals surface area contributed by atoms with Gasteiger partial charge in [0.15, 0.2) is 0 Å². The fourth-order valence-corrected chi connectivity index (χ4v) is 1.59. The van der Waals surface area contributed by atoms with Gasteiger partial charge in [-0.25, -0.2) is 0 Å². The van der Waals surface area contributed by atoms with E-state index < -0.39 is 0 Å². The molecule has 0 aliphatic heterocycles. The maximum absolute atomic E-state index is 7.38. The van der Waals surface area contributed by atoms with E-state index in [1.54, 1.807) is 0 Å². The molecule has 2 aliphatic carbocycles. The first-order valence-electron chi connectivity index (χ1n) is 3.54. The molecular weight excluding hydrogens is 84.1 g/mol. The third-order valence-electron chi connectivity index (χ3n) is 2.04. The van der Waals surface area contributed by atoms with Crippen LogP contribution in [-0.2, 0) is 0 Å². The molecule has 0 heterocycles. The molecule has 0 spiro atoms. The van der Waals surface area contributed by atoms with Crippen LogP contribution in [0.25, 0.3) is 0 Å². The summed E-state index contributed by atoms with van der Waals surface area (Å²) < 4.78 is 7.38. The average Bonchev–Trinajstić information content (AvgIpc) is 2.23. The number of hydrogen-bond acceptors (Lipinski definition) is 0. The molecule has 0 radical (unpaired) electrons. The van der Waals surface area contributed by atoms with Gasteiger partial charge in [-0.2, -0.15) is 0 Å². The summed E-state index contributed by atoms with van der Waals surface area (Å²) in [7, 11) is 0. The Hall–Kier alpha value is -0.260. The molecule has 0 aromatic rings. The maximum Gasteiger partial charge on any atom is 0.0576 e. The molecule has 0 aromatic heterocycles. The molecule has 0 heteroatoms. The van der Waals surface area contributed by atoms with Crippen molar-refractivity contribution in [1.82, 2.24) is 0 Å². The van der Waals surface area contributed by atoms with Crippen molar-refractivity contribution in [2.24, 2.45) is 11.8 Å². The first-order valence-corrected chi connectivity index (χ1v) is 3.04. The fourth-order valence-electron chi connectivity index (χ4n) is 1.59. The highest BCUT2D eigenvalue weighted by atomic mass is 14.3. The van der Waals surface area contributed by atoms with Crippen LogP contribution in [-0.4, -0.2) is 0 Å². The molecule has 2 atom stereocenters. The Kier molecular flexibility index (Phi) is 0.464. The topological polar surface area (TPSA) is 0 Å². The van der Waals surface area contributed by atoms with Crippen LogP contribution in [0.3, 0.4) is 0 Å². The van der Waals surface area contributed by atoms with Crippen molar-refractivity contribution in [3.63, 3.8) is 0 Å². The zero-order valence-electron chi connectivity index (χ0n) is 5.35. The second-order valence-corrected chi connectivity index (χ2v) is 2.60. The second kappa shape index (κ2) is 1.12. The summed E-state index contributed by atoms with van der Waals surface area (Å²) in [6.45, 7) is 0. The lowest BCUT2D eigenvalue weighted by molar-refractivity contribution is 0.691. The van der Waals surface area contributed by atoms with Gasteiger partial charge in [-0.05, 0) is 31.1 Å². The van der Waals surface area contributed by atoms with Gasteiger partial charge in [0.2, 0.25) is 0 Å². The van der Waals surface area contributed by atoms with Crippen molar-refractivity contribution in [2.45, 2.75) is 19.3 Å². The van der Waals surface area contributed by atoms with Gasteiger partial charge in [-0.15, -0.1) is 0 Å². The summed E-state index contributed by atoms with van der Waals surface area (Å²) in [5.41, 5.74) is 0. The third kappa shape index (κ3) is 0.425. The van der Waals surface area contributed by atoms with Crippen LogP contribution in [0.1, 0.15) is 20.6 Å². The molecule has 0 aromatic carbocycles. The molecule has 2 bridgehead atoms. The highest BCUT2D eigenvalue weighted by Crippen LogP contribution is 2.38. The van der Waals surface area contributed by atoms with Gasteiger partial charge in [-0.3, -0.25) is 0 Å². The van der Waals surface area contributed by atoms with E-state index in [4.69, 9.17) is 1.37 Å². The van der Waals surface area contributed by atoms with Crippen molar-refractivity contribution >= 4 is 0 Å². The smallest absolute Gasteiger partial charge is 0.0576 e. The molecule has 2 rings (SSSR count). The van der Waals surface area contributed by atoms with Crippen LogP contribution in [0, 0.1) is 11.8 Å². The van der Waals surface area contributed by atoms with Crippen molar-refractivity contribution in [3.8, 4) is 0 Å². The Morgan fingerprint density at radius 3 is 2.57 bits per heavy atom. The van der Waals surface area contributed by atoms with E-state index in [-0.39, 0.29) is 0 Å². The maximum atomic E-state index is 7.38. The van der Waals surface area contributed by atoms with Crippen molar-refractivity contribution in [1.29, 1.82) is 0 Å². The van der Waals surface area contributed by atoms with Gasteiger partial charge in [0, 0.05) is 0 Å². The SMILES string of the molecule is [2H]C1=CC2CCC1C2. The molecule has 2 aliphatic rings. The Balaban J connectivity index is 2.29. The lowest BCUT2D eigenvalue weighted by atomic mass is 10.1. The van der Waals surface area contributed by atoms with Crippen LogP contribution >= 0.6 is 0 Å². The lowest BCUT2D eigenvalue weighted by Gasteiger charge is -1.96. The van der Waals surface area contributed by atoms with Crippen LogP contribution in [0.2, 0.25) is 0 Å². The van der Waals surface area contributed by atoms with Gasteiger partial charge < -0.3 is 0 Å². The zero-order valence-corrected chi connectivity index (χ0v) is 4.35. The molecule has 7 heavy (non-hydrogen) atoms. The van der Waals surface area contributed by atoms with E-state index in [1.807, 2.05) is 0 Å². The van der Waals surface area contributed by atoms with Gasteiger partial charge in [-0.1, -0.05) is 12.1 Å². The van der Waals surface area contributed by atoms with Crippen molar-refractivity contribution in [2.75, 3.05) is 0 Å². The first kappa shape index (κ1) is 2.91. The highest BCUT2D eigenvalue weighted by Gasteiger charge is 2.25. The van der Waals surface area contributed by atoms with Gasteiger partial charge in [0.1, 0.15) is 0 Å². The number of allylic oxidation sites excluding steroid dienone is 2. The zero-order chi connectivity index (χ0) is 5.56. The Labute approximate surface area is 45.6 Å². The van der Waals surface area contributed by atoms with Gasteiger partial charge in [0.05, 0.1) is 1.37 Å². The van der Waals surface area contributed by atoms with E-state index in [0.29, 0.717) is 5.92 Å². The Bertz CT molecular complexity index is 137. The van der Waals surface area contributed by atoms with E-state index in [0.717, 1.165) is 12.0 Å². The van der Waals surface area contributed by atoms with E-state index >= 15 is 0 Å². The summed E-state index contributed by atoms with van der Waals surface area (Å²) in [4.78, 5) is 0. The molecule has 0 amide bonds. The van der Waals surface area contributed by atoms with Crippen molar-refractivity contribution < 1.29 is 1.37 Å². The van der Waals surface area contributed by atoms with E-state index in [9.17, 15) is 0 Å². The van der Waals surface area contributed by atoms with E-state index in [1.165, 1.54) is 19.3 Å². The van der Waals surface area contributed by atoms with Crippen LogP contribution in [0.4, 0.5) is 0 Å². The normalized spacial score (nSPS) is 49.1. The summed E-state index contributed by atoms with van der Waals surface area (Å²) in [5.74, 6) is 1.47. The molecule has 0 N–H and O–H groups in total. The van der Waals surface area contributed by atoms with Gasteiger partial charge in [0.25, 0.3) is 0 Å². The predicted molar refractivity (Wildman–Crippen MR) is 30.0 cm³/mol. The number of fused-ring (bicyclic) bond motifs is 2. The standard InChI is InChI=1S/C7H10/c1-2-7-4-3-6(1)5-7/h1-2,6-7H,3-5H2/i1D. The quantitative estimate of drug-likeness (QED) is 0.403. The van der Waals surface area contributed by atoms with Crippen molar-refractivity contribution in [3.05, 3.63) is 12.1 Å². The lowest BCUT2D eigenvalue weighted by Crippen LogP contribution is -1.82. The van der Waals surface area contributed by atoms with E-state index in [2.05, 4.69) is 6.08 Å². The second-order valence-electron chi connectivity index (χ2n) is 2.60. The summed E-state index contributed by atoms with van der Waals surface area (Å²) >= 11 is 0. The largest absolute Gasteiger partial charge is 0.0851 e. The monoisotopic (exact) mass is 95.1 g/mol. The molecule has 38 valence electrons. The fraction of sp³-hybridized carbons (Fsp3) is 0.714. The molecule has 2 unspecified atom stereocenters. The summed E-state index contributed by atoms with van der Waals surface area (Å²) in [6, 6.07) is 0.918. The third-order valence-corrected chi connectivity index (χ3v) is 2.04. The van der Waals surface area contributed by atoms with Crippen LogP contribution < -0.4 is 0 Å². The highest BCUT2D eigenvalue weighted by molar-refractivity contribution is 5.06. The van der Waals surface area contributed by atoms with Gasteiger partial charge >= 0.3 is 0 Å². The Morgan fingerprint density at radius 2 is 2.29 bits per heavy atom. The Morgan fingerprint density at radius 1 is 1.43 bits per heavy atom. The molecular formula is C7H10. The molecule has 1 saturated carbocycles. The minimum Gasteiger partial charge on any atom is -0.0851 e. The number of hydrogen-bond donors (Lipinski definition) is 0. The molecule has 0 nitrogen and oxygen atoms in total. The minimum atomic E-state index is 0.667.